The molecule has 0 atom stereocenters. The molecule has 2 aliphatic rings. The predicted molar refractivity (Wildman–Crippen MR) is 118 cm³/mol. The van der Waals surface area contributed by atoms with Gasteiger partial charge in [0.15, 0.2) is 5.76 Å². The number of carbonyl (C=O) groups is 2. The Morgan fingerprint density at radius 3 is 1.63 bits per heavy atom. The number of ether oxygens (including phenoxy) is 1. The molecule has 0 saturated carbocycles. The van der Waals surface area contributed by atoms with Crippen molar-refractivity contribution in [2.24, 2.45) is 0 Å². The van der Waals surface area contributed by atoms with Crippen LogP contribution in [0.4, 0.5) is 0 Å². The van der Waals surface area contributed by atoms with Crippen molar-refractivity contribution in [1.82, 2.24) is 5.32 Å². The number of nitrogens with one attached hydrogen (secondary N) is 1. The Morgan fingerprint density at radius 1 is 0.733 bits per heavy atom. The number of methoxy groups -OCH3 is 1. The van der Waals surface area contributed by atoms with E-state index >= 15 is 0 Å². The molecule has 30 heavy (non-hydrogen) atoms. The second-order valence-corrected chi connectivity index (χ2v) is 7.54. The number of hydrogen-bond acceptors (Lipinski definition) is 4. The molecule has 0 aromatic rings. The zero-order chi connectivity index (χ0) is 18.6. The van der Waals surface area contributed by atoms with Gasteiger partial charge in [0.05, 0.1) is 12.8 Å². The van der Waals surface area contributed by atoms with Crippen molar-refractivity contribution in [3.05, 3.63) is 38.0 Å². The Morgan fingerprint density at radius 2 is 1.17 bits per heavy atom. The molecule has 1 aliphatic carbocycles. The van der Waals surface area contributed by atoms with Gasteiger partial charge in [0, 0.05) is 59.0 Å². The summed E-state index contributed by atoms with van der Waals surface area (Å²) in [4.78, 5) is 25.1. The van der Waals surface area contributed by atoms with Gasteiger partial charge >= 0.3 is 0 Å². The van der Waals surface area contributed by atoms with Crippen LogP contribution in [0.5, 0.6) is 0 Å². The van der Waals surface area contributed by atoms with Crippen molar-refractivity contribution in [2.45, 2.75) is 89.9 Å². The van der Waals surface area contributed by atoms with E-state index in [0.29, 0.717) is 17.7 Å². The summed E-state index contributed by atoms with van der Waals surface area (Å²) in [5, 5.41) is 3.19. The van der Waals surface area contributed by atoms with E-state index in [9.17, 15) is 9.59 Å². The van der Waals surface area contributed by atoms with Gasteiger partial charge in [-0.3, -0.25) is 9.59 Å². The van der Waals surface area contributed by atoms with Crippen molar-refractivity contribution in [1.29, 1.82) is 0 Å². The SMILES string of the molecule is COC1=C2CCCCCCCCCCCCCCCNC(=CC1=O)C2=O.[CH3-].[CH3-].[Pd].[Pd]. The monoisotopic (exact) mass is 603 g/mol. The first-order chi connectivity index (χ1) is 12.7. The van der Waals surface area contributed by atoms with Gasteiger partial charge < -0.3 is 24.9 Å². The van der Waals surface area contributed by atoms with Crippen LogP contribution < -0.4 is 5.32 Å². The molecule has 4 nitrogen and oxygen atoms in total. The molecular formula is C24H41NO3Pd2-2. The molecule has 1 saturated heterocycles. The molecule has 2 bridgehead atoms. The van der Waals surface area contributed by atoms with E-state index in [0.717, 1.165) is 25.8 Å². The Balaban J connectivity index is -0.00000182. The smallest absolute Gasteiger partial charge is 0.222 e. The summed E-state index contributed by atoms with van der Waals surface area (Å²) in [7, 11) is 1.48. The molecule has 0 radical (unpaired) electrons. The Labute approximate surface area is 212 Å². The van der Waals surface area contributed by atoms with Gasteiger partial charge in [-0.05, 0) is 19.3 Å². The average molecular weight is 604 g/mol. The Hall–Kier alpha value is -0.255. The molecule has 0 aromatic heterocycles. The summed E-state index contributed by atoms with van der Waals surface area (Å²) in [6.07, 6.45) is 18.1. The van der Waals surface area contributed by atoms with Gasteiger partial charge in [0.25, 0.3) is 0 Å². The zero-order valence-corrected chi connectivity index (χ0v) is 22.2. The molecular weight excluding hydrogens is 563 g/mol. The Bertz CT molecular complexity index is 545. The molecule has 0 spiro atoms. The number of allylic oxidation sites excluding steroid dienone is 2. The predicted octanol–water partition coefficient (Wildman–Crippen LogP) is 5.88. The number of carbonyl (C=O) groups excluding carboxylic acids is 2. The van der Waals surface area contributed by atoms with Crippen LogP contribution in [0.3, 0.4) is 0 Å². The summed E-state index contributed by atoms with van der Waals surface area (Å²) in [6.45, 7) is 0.750. The van der Waals surface area contributed by atoms with E-state index < -0.39 is 0 Å². The van der Waals surface area contributed by atoms with Gasteiger partial charge in [-0.2, -0.15) is 0 Å². The average Bonchev–Trinajstić information content (AvgIpc) is 2.63. The number of Topliss-reactive ketones (excluding diaryl/α,β-unsaturated/α-hetero) is 1. The van der Waals surface area contributed by atoms with Crippen LogP contribution in [0.25, 0.3) is 0 Å². The maximum absolute atomic E-state index is 12.8. The summed E-state index contributed by atoms with van der Waals surface area (Å²) in [6, 6.07) is 0. The van der Waals surface area contributed by atoms with Gasteiger partial charge in [-0.15, -0.1) is 0 Å². The zero-order valence-electron chi connectivity index (χ0n) is 19.0. The molecule has 0 unspecified atom stereocenters. The van der Waals surface area contributed by atoms with E-state index in [1.807, 2.05) is 0 Å². The fraction of sp³-hybridized carbons (Fsp3) is 0.667. The maximum atomic E-state index is 12.8. The van der Waals surface area contributed by atoms with Crippen LogP contribution in [-0.4, -0.2) is 25.2 Å². The van der Waals surface area contributed by atoms with Gasteiger partial charge in [0.2, 0.25) is 11.6 Å². The third kappa shape index (κ3) is 12.0. The van der Waals surface area contributed by atoms with Crippen molar-refractivity contribution in [3.8, 4) is 0 Å². The van der Waals surface area contributed by atoms with Crippen molar-refractivity contribution >= 4 is 11.6 Å². The summed E-state index contributed by atoms with van der Waals surface area (Å²) in [5.41, 5.74) is 1.00. The first-order valence-corrected chi connectivity index (χ1v) is 10.6. The fourth-order valence-electron chi connectivity index (χ4n) is 3.85. The minimum Gasteiger partial charge on any atom is -0.492 e. The van der Waals surface area contributed by atoms with Crippen LogP contribution in [0.1, 0.15) is 89.9 Å². The number of hydrogen-bond donors (Lipinski definition) is 1. The molecule has 1 heterocycles. The molecule has 0 aromatic carbocycles. The molecule has 1 aliphatic heterocycles. The van der Waals surface area contributed by atoms with E-state index in [4.69, 9.17) is 4.74 Å². The summed E-state index contributed by atoms with van der Waals surface area (Å²) < 4.78 is 5.25. The third-order valence-electron chi connectivity index (χ3n) is 5.42. The van der Waals surface area contributed by atoms with Crippen molar-refractivity contribution in [3.63, 3.8) is 0 Å². The van der Waals surface area contributed by atoms with Crippen LogP contribution in [0, 0.1) is 14.9 Å². The third-order valence-corrected chi connectivity index (χ3v) is 5.42. The first-order valence-electron chi connectivity index (χ1n) is 10.6. The summed E-state index contributed by atoms with van der Waals surface area (Å²) in [5.74, 6) is 0.00120. The molecule has 2 rings (SSSR count). The van der Waals surface area contributed by atoms with Gasteiger partial charge in [0.1, 0.15) is 0 Å². The normalized spacial score (nSPS) is 19.6. The second kappa shape index (κ2) is 20.6. The van der Waals surface area contributed by atoms with Crippen LogP contribution >= 0.6 is 0 Å². The van der Waals surface area contributed by atoms with Crippen molar-refractivity contribution < 1.29 is 55.2 Å². The maximum Gasteiger partial charge on any atom is 0.222 e. The minimum absolute atomic E-state index is 0. The number of rotatable bonds is 1. The standard InChI is InChI=1S/C22H35NO3.2CH3.2Pd/c1-26-22-18-15-13-11-9-7-5-3-2-4-6-8-10-12-14-16-23-19(21(18)25)17-20(22)24;;;;/h17,23H,2-16H2,1H3;2*1H3;;/q;2*-1;;. The van der Waals surface area contributed by atoms with E-state index in [2.05, 4.69) is 5.32 Å². The molecule has 6 heteroatoms. The fourth-order valence-corrected chi connectivity index (χ4v) is 3.85. The van der Waals surface area contributed by atoms with Crippen molar-refractivity contribution in [2.75, 3.05) is 13.7 Å². The van der Waals surface area contributed by atoms with Crippen LogP contribution in [0.15, 0.2) is 23.1 Å². The minimum atomic E-state index is -0.185. The Kier molecular flexibility index (Phi) is 23.6. The summed E-state index contributed by atoms with van der Waals surface area (Å²) >= 11 is 0. The van der Waals surface area contributed by atoms with Crippen LogP contribution in [-0.2, 0) is 55.2 Å². The molecule has 0 amide bonds. The largest absolute Gasteiger partial charge is 0.492 e. The topological polar surface area (TPSA) is 55.4 Å². The number of ketones is 2. The molecule has 182 valence electrons. The number of fused-ring (bicyclic) bond motifs is 2. The van der Waals surface area contributed by atoms with Crippen LogP contribution in [0.2, 0.25) is 0 Å². The van der Waals surface area contributed by atoms with E-state index in [1.54, 1.807) is 0 Å². The van der Waals surface area contributed by atoms with E-state index in [-0.39, 0.29) is 73.0 Å². The first kappa shape index (κ1) is 34.4. The molecule has 1 N–H and O–H groups in total. The second-order valence-electron chi connectivity index (χ2n) is 7.54. The van der Waals surface area contributed by atoms with Gasteiger partial charge in [-0.1, -0.05) is 70.6 Å². The molecule has 1 fully saturated rings. The quantitative estimate of drug-likeness (QED) is 0.231. The van der Waals surface area contributed by atoms with Gasteiger partial charge in [-0.25, -0.2) is 0 Å². The van der Waals surface area contributed by atoms with E-state index in [1.165, 1.54) is 77.4 Å².